The fraction of sp³-hybridized carbons (Fsp3) is 0.429. The number of ether oxygens (including phenoxy) is 1. The lowest BCUT2D eigenvalue weighted by atomic mass is 10.2. The molecule has 0 radical (unpaired) electrons. The number of hydrogen-bond acceptors (Lipinski definition) is 4. The normalized spacial score (nSPS) is 11.6. The molecule has 0 saturated carbocycles. The number of nitrogens with one attached hydrogen (secondary N) is 2. The van der Waals surface area contributed by atoms with E-state index in [0.717, 1.165) is 11.3 Å². The summed E-state index contributed by atoms with van der Waals surface area (Å²) in [5, 5.41) is 5.88. The first kappa shape index (κ1) is 17.7. The zero-order valence-corrected chi connectivity index (χ0v) is 13.6. The Hall–Kier alpha value is -1.40. The second-order valence-electron chi connectivity index (χ2n) is 4.28. The highest BCUT2D eigenvalue weighted by Gasteiger charge is 2.20. The van der Waals surface area contributed by atoms with Gasteiger partial charge in [0.05, 0.1) is 7.11 Å². The van der Waals surface area contributed by atoms with Crippen molar-refractivity contribution in [3.8, 4) is 0 Å². The number of carbonyl (C=O) groups is 2. The Morgan fingerprint density at radius 1 is 1.38 bits per heavy atom. The summed E-state index contributed by atoms with van der Waals surface area (Å²) in [6.45, 7) is 0.294. The fourth-order valence-electron chi connectivity index (χ4n) is 1.65. The number of methoxy groups -OCH3 is 1. The number of urea groups is 1. The molecule has 2 amide bonds. The van der Waals surface area contributed by atoms with Crippen molar-refractivity contribution in [2.45, 2.75) is 19.0 Å². The smallest absolute Gasteiger partial charge is 0.328 e. The molecular weight excluding hydrogens is 312 g/mol. The summed E-state index contributed by atoms with van der Waals surface area (Å²) in [6, 6.07) is 6.18. The third-order valence-corrected chi connectivity index (χ3v) is 3.81. The summed E-state index contributed by atoms with van der Waals surface area (Å²) < 4.78 is 4.68. The van der Waals surface area contributed by atoms with Crippen LogP contribution in [0.25, 0.3) is 0 Å². The van der Waals surface area contributed by atoms with Crippen LogP contribution < -0.4 is 10.6 Å². The standard InChI is InChI=1S/C14H19ClN2O3S/c1-20-13(18)12(7-8-21-2)17-14(19)16-9-10-5-3-4-6-11(10)15/h3-6,12H,7-9H2,1-2H3,(H2,16,17,19)/t12-/m0/s1. The van der Waals surface area contributed by atoms with E-state index in [4.69, 9.17) is 11.6 Å². The van der Waals surface area contributed by atoms with Gasteiger partial charge in [-0.15, -0.1) is 0 Å². The van der Waals surface area contributed by atoms with Gasteiger partial charge < -0.3 is 15.4 Å². The lowest BCUT2D eigenvalue weighted by Gasteiger charge is -2.16. The van der Waals surface area contributed by atoms with Gasteiger partial charge in [0.25, 0.3) is 0 Å². The van der Waals surface area contributed by atoms with Crippen LogP contribution in [0.3, 0.4) is 0 Å². The van der Waals surface area contributed by atoms with Crippen molar-refractivity contribution in [1.29, 1.82) is 0 Å². The summed E-state index contributed by atoms with van der Waals surface area (Å²) in [7, 11) is 1.30. The van der Waals surface area contributed by atoms with Crippen molar-refractivity contribution >= 4 is 35.4 Å². The average Bonchev–Trinajstić information content (AvgIpc) is 2.49. The van der Waals surface area contributed by atoms with Gasteiger partial charge in [-0.25, -0.2) is 9.59 Å². The topological polar surface area (TPSA) is 67.4 Å². The second-order valence-corrected chi connectivity index (χ2v) is 5.67. The molecule has 116 valence electrons. The van der Waals surface area contributed by atoms with Crippen LogP contribution >= 0.6 is 23.4 Å². The first-order valence-electron chi connectivity index (χ1n) is 6.43. The van der Waals surface area contributed by atoms with Gasteiger partial charge in [-0.3, -0.25) is 0 Å². The predicted molar refractivity (Wildman–Crippen MR) is 85.6 cm³/mol. The second kappa shape index (κ2) is 9.52. The SMILES string of the molecule is COC(=O)[C@H](CCSC)NC(=O)NCc1ccccc1Cl. The van der Waals surface area contributed by atoms with Gasteiger partial charge in [0.1, 0.15) is 6.04 Å². The van der Waals surface area contributed by atoms with Crippen molar-refractivity contribution in [1.82, 2.24) is 10.6 Å². The molecular formula is C14H19ClN2O3S. The molecule has 1 aromatic rings. The molecule has 0 spiro atoms. The average molecular weight is 331 g/mol. The number of benzene rings is 1. The maximum absolute atomic E-state index is 11.8. The van der Waals surface area contributed by atoms with Crippen LogP contribution in [0.15, 0.2) is 24.3 Å². The van der Waals surface area contributed by atoms with Crippen LogP contribution in [-0.2, 0) is 16.1 Å². The Kier molecular flexibility index (Phi) is 8.00. The third kappa shape index (κ3) is 6.27. The molecule has 5 nitrogen and oxygen atoms in total. The molecule has 1 aromatic carbocycles. The number of rotatable bonds is 7. The molecule has 0 bridgehead atoms. The maximum Gasteiger partial charge on any atom is 0.328 e. The van der Waals surface area contributed by atoms with E-state index in [1.54, 1.807) is 17.8 Å². The molecule has 0 aliphatic carbocycles. The van der Waals surface area contributed by atoms with Crippen LogP contribution in [0.2, 0.25) is 5.02 Å². The van der Waals surface area contributed by atoms with Crippen LogP contribution in [0.1, 0.15) is 12.0 Å². The molecule has 21 heavy (non-hydrogen) atoms. The zero-order chi connectivity index (χ0) is 15.7. The minimum Gasteiger partial charge on any atom is -0.467 e. The number of hydrogen-bond donors (Lipinski definition) is 2. The number of halogens is 1. The largest absolute Gasteiger partial charge is 0.467 e. The minimum absolute atomic E-state index is 0.294. The van der Waals surface area contributed by atoms with Crippen molar-refractivity contribution in [2.24, 2.45) is 0 Å². The van der Waals surface area contributed by atoms with Crippen LogP contribution in [0.5, 0.6) is 0 Å². The highest BCUT2D eigenvalue weighted by atomic mass is 35.5. The number of amides is 2. The van der Waals surface area contributed by atoms with Gasteiger partial charge in [-0.05, 0) is 30.1 Å². The van der Waals surface area contributed by atoms with Crippen molar-refractivity contribution < 1.29 is 14.3 Å². The molecule has 1 atom stereocenters. The van der Waals surface area contributed by atoms with Crippen LogP contribution in [0, 0.1) is 0 Å². The number of carbonyl (C=O) groups excluding carboxylic acids is 2. The van der Waals surface area contributed by atoms with Crippen molar-refractivity contribution in [3.05, 3.63) is 34.9 Å². The number of thioether (sulfide) groups is 1. The number of esters is 1. The van der Waals surface area contributed by atoms with Crippen LogP contribution in [0.4, 0.5) is 4.79 Å². The van der Waals surface area contributed by atoms with Gasteiger partial charge in [0, 0.05) is 11.6 Å². The summed E-state index contributed by atoms with van der Waals surface area (Å²) in [5.41, 5.74) is 0.813. The Morgan fingerprint density at radius 3 is 2.71 bits per heavy atom. The molecule has 0 unspecified atom stereocenters. The van der Waals surface area contributed by atoms with E-state index in [2.05, 4.69) is 15.4 Å². The van der Waals surface area contributed by atoms with Gasteiger partial charge in [0.2, 0.25) is 0 Å². The molecule has 0 saturated heterocycles. The zero-order valence-electron chi connectivity index (χ0n) is 12.0. The summed E-state index contributed by atoms with van der Waals surface area (Å²) in [6.07, 6.45) is 2.46. The Balaban J connectivity index is 2.50. The predicted octanol–water partition coefficient (Wildman–Crippen LogP) is 2.43. The molecule has 0 aromatic heterocycles. The van der Waals surface area contributed by atoms with Crippen molar-refractivity contribution in [3.63, 3.8) is 0 Å². The summed E-state index contributed by atoms with van der Waals surface area (Å²) in [4.78, 5) is 23.4. The van der Waals surface area contributed by atoms with E-state index in [0.29, 0.717) is 18.0 Å². The first-order chi connectivity index (χ1) is 10.1. The first-order valence-corrected chi connectivity index (χ1v) is 8.20. The quantitative estimate of drug-likeness (QED) is 0.753. The highest BCUT2D eigenvalue weighted by molar-refractivity contribution is 7.98. The molecule has 0 aliphatic rings. The molecule has 0 heterocycles. The van der Waals surface area contributed by atoms with Crippen LogP contribution in [-0.4, -0.2) is 37.2 Å². The lowest BCUT2D eigenvalue weighted by molar-refractivity contribution is -0.142. The fourth-order valence-corrected chi connectivity index (χ4v) is 2.33. The molecule has 0 aliphatic heterocycles. The summed E-state index contributed by atoms with van der Waals surface area (Å²) in [5.74, 6) is 0.307. The highest BCUT2D eigenvalue weighted by Crippen LogP contribution is 2.14. The molecule has 2 N–H and O–H groups in total. The Bertz CT molecular complexity index is 485. The lowest BCUT2D eigenvalue weighted by Crippen LogP contribution is -2.46. The third-order valence-electron chi connectivity index (χ3n) is 2.80. The van der Waals surface area contributed by atoms with Gasteiger partial charge >= 0.3 is 12.0 Å². The molecule has 7 heteroatoms. The van der Waals surface area contributed by atoms with Gasteiger partial charge in [-0.1, -0.05) is 29.8 Å². The van der Waals surface area contributed by atoms with Gasteiger partial charge in [0.15, 0.2) is 0 Å². The van der Waals surface area contributed by atoms with E-state index in [1.165, 1.54) is 7.11 Å². The molecule has 1 rings (SSSR count). The van der Waals surface area contributed by atoms with Crippen molar-refractivity contribution in [2.75, 3.05) is 19.1 Å². The van der Waals surface area contributed by atoms with E-state index < -0.39 is 18.0 Å². The Labute approximate surface area is 133 Å². The maximum atomic E-state index is 11.8. The minimum atomic E-state index is -0.645. The van der Waals surface area contributed by atoms with E-state index >= 15 is 0 Å². The van der Waals surface area contributed by atoms with Gasteiger partial charge in [-0.2, -0.15) is 11.8 Å². The Morgan fingerprint density at radius 2 is 2.10 bits per heavy atom. The van der Waals surface area contributed by atoms with E-state index in [1.807, 2.05) is 24.5 Å². The summed E-state index contributed by atoms with van der Waals surface area (Å²) >= 11 is 7.61. The monoisotopic (exact) mass is 330 g/mol. The van der Waals surface area contributed by atoms with E-state index in [-0.39, 0.29) is 0 Å². The van der Waals surface area contributed by atoms with E-state index in [9.17, 15) is 9.59 Å². The molecule has 0 fully saturated rings.